The zero-order valence-electron chi connectivity index (χ0n) is 17.3. The van der Waals surface area contributed by atoms with Crippen LogP contribution in [0.1, 0.15) is 11.8 Å². The van der Waals surface area contributed by atoms with E-state index in [9.17, 15) is 14.4 Å². The Morgan fingerprint density at radius 3 is 2.73 bits per heavy atom. The van der Waals surface area contributed by atoms with Gasteiger partial charge in [0.05, 0.1) is 6.33 Å². The van der Waals surface area contributed by atoms with Crippen LogP contribution in [0.3, 0.4) is 0 Å². The van der Waals surface area contributed by atoms with E-state index in [4.69, 9.17) is 9.29 Å². The van der Waals surface area contributed by atoms with Crippen molar-refractivity contribution in [1.29, 1.82) is 0 Å². The van der Waals surface area contributed by atoms with Crippen molar-refractivity contribution in [1.82, 2.24) is 24.2 Å². The summed E-state index contributed by atoms with van der Waals surface area (Å²) in [5.74, 6) is 0.522. The van der Waals surface area contributed by atoms with Gasteiger partial charge in [-0.15, -0.1) is 0 Å². The number of aromatic nitrogens is 4. The molecule has 0 saturated carbocycles. The number of fused-ring (bicyclic) bond motifs is 2. The highest BCUT2D eigenvalue weighted by molar-refractivity contribution is 7.77. The van der Waals surface area contributed by atoms with E-state index in [2.05, 4.69) is 43.2 Å². The molecule has 1 fully saturated rings. The first-order valence-electron chi connectivity index (χ1n) is 10.3. The summed E-state index contributed by atoms with van der Waals surface area (Å²) in [6.07, 6.45) is -1.53. The normalized spacial score (nSPS) is 23.8. The summed E-state index contributed by atoms with van der Waals surface area (Å²) in [6, 6.07) is 14.2. The Morgan fingerprint density at radius 2 is 1.88 bits per heavy atom. The Bertz CT molecular complexity index is 1310. The molecule has 1 aliphatic rings. The number of anilines is 1. The van der Waals surface area contributed by atoms with E-state index in [1.54, 1.807) is 0 Å². The molecule has 0 radical (unpaired) electrons. The average molecular weight is 471 g/mol. The summed E-state index contributed by atoms with van der Waals surface area (Å²) < 4.78 is 29.3. The smallest absolute Gasteiger partial charge is 0.231 e. The molecule has 172 valence electrons. The molecule has 5 N–H and O–H groups in total. The highest BCUT2D eigenvalue weighted by atomic mass is 32.2. The maximum Gasteiger partial charge on any atom is 0.231 e. The first-order valence-corrected chi connectivity index (χ1v) is 11.4. The molecule has 5 rings (SSSR count). The van der Waals surface area contributed by atoms with E-state index >= 15 is 0 Å². The molecule has 11 nitrogen and oxygen atoms in total. The minimum absolute atomic E-state index is 0.114. The van der Waals surface area contributed by atoms with Gasteiger partial charge in [-0.2, -0.15) is 0 Å². The van der Waals surface area contributed by atoms with Crippen molar-refractivity contribution < 1.29 is 23.7 Å². The van der Waals surface area contributed by atoms with Gasteiger partial charge in [-0.1, -0.05) is 42.5 Å². The zero-order chi connectivity index (χ0) is 22.9. The molecule has 0 aliphatic carbocycles. The van der Waals surface area contributed by atoms with Gasteiger partial charge in [0.2, 0.25) is 11.3 Å². The number of benzene rings is 2. The number of aliphatic hydroxyl groups is 2. The number of nitrogens with zero attached hydrogens (tertiary/aromatic N) is 4. The summed E-state index contributed by atoms with van der Waals surface area (Å²) in [4.78, 5) is 13.0. The Labute approximate surface area is 190 Å². The number of rotatable bonds is 7. The van der Waals surface area contributed by atoms with Crippen LogP contribution in [0.4, 0.5) is 5.82 Å². The molecule has 4 aromatic rings. The van der Waals surface area contributed by atoms with E-state index in [0.29, 0.717) is 23.5 Å². The fourth-order valence-corrected chi connectivity index (χ4v) is 4.38. The Balaban J connectivity index is 1.39. The van der Waals surface area contributed by atoms with Crippen molar-refractivity contribution in [2.24, 2.45) is 0 Å². The number of nitrogens with one attached hydrogen (secondary N) is 2. The molecule has 1 aliphatic heterocycles. The molecule has 2 aromatic carbocycles. The van der Waals surface area contributed by atoms with E-state index in [-0.39, 0.29) is 6.54 Å². The fraction of sp³-hybridized carbons (Fsp3) is 0.286. The molecule has 1 unspecified atom stereocenters. The van der Waals surface area contributed by atoms with Crippen LogP contribution in [0.5, 0.6) is 0 Å². The number of hydrogen-bond acceptors (Lipinski definition) is 8. The molecule has 1 saturated heterocycles. The third-order valence-electron chi connectivity index (χ3n) is 5.70. The second-order valence-electron chi connectivity index (χ2n) is 7.68. The van der Waals surface area contributed by atoms with Crippen LogP contribution in [0, 0.1) is 0 Å². The zero-order valence-corrected chi connectivity index (χ0v) is 18.1. The maximum atomic E-state index is 10.9. The highest BCUT2D eigenvalue weighted by Gasteiger charge is 2.44. The standard InChI is InChI=1S/C21H22N6O5S/c28-17-15(9-26-33(30)31)32-21(18(17)29)27-11-25-16-19(23-10-24-20(16)27)22-8-13-6-3-5-12-4-1-2-7-14(12)13/h1-7,10-11,15,17-18,21,26,28-29H,8-9H2,(H,30,31)(H,22,23,24)/t15-,17-,18-,21-/m1/s1. The molecule has 0 spiro atoms. The molecular formula is C21H22N6O5S. The minimum Gasteiger partial charge on any atom is -0.387 e. The highest BCUT2D eigenvalue weighted by Crippen LogP contribution is 2.32. The van der Waals surface area contributed by atoms with E-state index in [1.807, 2.05) is 24.3 Å². The fourth-order valence-electron chi connectivity index (χ4n) is 4.07. The second kappa shape index (κ2) is 9.09. The van der Waals surface area contributed by atoms with Crippen LogP contribution >= 0.6 is 0 Å². The SMILES string of the molecule is O=S(O)NC[C@H]1O[C@@H](n2cnc3c(NCc4cccc5ccccc45)ncnc32)[C@H](O)[C@@H]1O. The molecule has 0 bridgehead atoms. The van der Waals surface area contributed by atoms with Crippen molar-refractivity contribution in [2.75, 3.05) is 11.9 Å². The minimum atomic E-state index is -2.26. The van der Waals surface area contributed by atoms with Crippen LogP contribution in [-0.4, -0.2) is 63.4 Å². The molecule has 0 amide bonds. The number of hydrogen-bond donors (Lipinski definition) is 5. The molecule has 12 heteroatoms. The van der Waals surface area contributed by atoms with E-state index in [0.717, 1.165) is 16.3 Å². The van der Waals surface area contributed by atoms with E-state index in [1.165, 1.54) is 17.2 Å². The monoisotopic (exact) mass is 470 g/mol. The Morgan fingerprint density at radius 1 is 1.06 bits per heavy atom. The quantitative estimate of drug-likeness (QED) is 0.248. The topological polar surface area (TPSA) is 155 Å². The molecule has 5 atom stereocenters. The van der Waals surface area contributed by atoms with Crippen LogP contribution < -0.4 is 10.0 Å². The lowest BCUT2D eigenvalue weighted by atomic mass is 10.0. The number of imidazole rings is 1. The molecule has 3 heterocycles. The second-order valence-corrected chi connectivity index (χ2v) is 8.47. The number of ether oxygens (including phenoxy) is 1. The first kappa shape index (κ1) is 21.8. The van der Waals surface area contributed by atoms with Gasteiger partial charge in [0.15, 0.2) is 23.2 Å². The summed E-state index contributed by atoms with van der Waals surface area (Å²) in [7, 11) is 0. The maximum absolute atomic E-state index is 10.9. The predicted molar refractivity (Wildman–Crippen MR) is 121 cm³/mol. The Kier molecular flexibility index (Phi) is 6.01. The summed E-state index contributed by atoms with van der Waals surface area (Å²) >= 11 is -2.26. The predicted octanol–water partition coefficient (Wildman–Crippen LogP) is 0.937. The van der Waals surface area contributed by atoms with Gasteiger partial charge in [-0.3, -0.25) is 9.12 Å². The van der Waals surface area contributed by atoms with Gasteiger partial charge in [0.25, 0.3) is 0 Å². The summed E-state index contributed by atoms with van der Waals surface area (Å²) in [6.45, 7) is 0.408. The van der Waals surface area contributed by atoms with Crippen molar-refractivity contribution in [3.8, 4) is 0 Å². The van der Waals surface area contributed by atoms with Crippen molar-refractivity contribution >= 4 is 39.0 Å². The molecule has 2 aromatic heterocycles. The van der Waals surface area contributed by atoms with Crippen molar-refractivity contribution in [3.05, 3.63) is 60.7 Å². The lowest BCUT2D eigenvalue weighted by Gasteiger charge is -2.16. The van der Waals surface area contributed by atoms with Crippen LogP contribution in [0.2, 0.25) is 0 Å². The largest absolute Gasteiger partial charge is 0.387 e. The van der Waals surface area contributed by atoms with Gasteiger partial charge in [0.1, 0.15) is 24.6 Å². The first-order chi connectivity index (χ1) is 16.0. The lowest BCUT2D eigenvalue weighted by molar-refractivity contribution is -0.0330. The van der Waals surface area contributed by atoms with E-state index < -0.39 is 35.8 Å². The lowest BCUT2D eigenvalue weighted by Crippen LogP contribution is -2.38. The number of aliphatic hydroxyl groups excluding tert-OH is 2. The van der Waals surface area contributed by atoms with Crippen LogP contribution in [-0.2, 0) is 22.5 Å². The van der Waals surface area contributed by atoms with Gasteiger partial charge in [-0.05, 0) is 16.3 Å². The third kappa shape index (κ3) is 4.19. The van der Waals surface area contributed by atoms with Gasteiger partial charge in [-0.25, -0.2) is 23.9 Å². The van der Waals surface area contributed by atoms with Gasteiger partial charge < -0.3 is 20.3 Å². The van der Waals surface area contributed by atoms with Gasteiger partial charge >= 0.3 is 0 Å². The average Bonchev–Trinajstić information content (AvgIpc) is 3.37. The Hall–Kier alpha value is -3.00. The summed E-state index contributed by atoms with van der Waals surface area (Å²) in [5, 5.41) is 26.4. The van der Waals surface area contributed by atoms with Gasteiger partial charge in [0, 0.05) is 13.1 Å². The van der Waals surface area contributed by atoms with Crippen LogP contribution in [0.15, 0.2) is 55.1 Å². The molecule has 33 heavy (non-hydrogen) atoms. The third-order valence-corrected chi connectivity index (χ3v) is 6.12. The van der Waals surface area contributed by atoms with Crippen molar-refractivity contribution in [2.45, 2.75) is 31.1 Å². The molecular weight excluding hydrogens is 448 g/mol. The van der Waals surface area contributed by atoms with Crippen LogP contribution in [0.25, 0.3) is 21.9 Å². The van der Waals surface area contributed by atoms with Crippen molar-refractivity contribution in [3.63, 3.8) is 0 Å². The summed E-state index contributed by atoms with van der Waals surface area (Å²) in [5.41, 5.74) is 2.01.